The number of amides is 1. The number of hydrogen-bond donors (Lipinski definition) is 0. The van der Waals surface area contributed by atoms with Crippen LogP contribution in [0, 0.1) is 11.3 Å². The van der Waals surface area contributed by atoms with Crippen LogP contribution in [0.15, 0.2) is 55.3 Å². The lowest BCUT2D eigenvalue weighted by Gasteiger charge is -2.21. The van der Waals surface area contributed by atoms with E-state index in [9.17, 15) is 4.79 Å². The van der Waals surface area contributed by atoms with E-state index in [2.05, 4.69) is 17.6 Å². The number of ether oxygens (including phenoxy) is 1. The largest absolute Gasteiger partial charge is 0.497 e. The molecule has 0 radical (unpaired) electrons. The molecule has 0 aliphatic rings. The Morgan fingerprint density at radius 1 is 1.39 bits per heavy atom. The number of hydrogen-bond acceptors (Lipinski definition) is 4. The molecule has 0 bridgehead atoms. The molecule has 2 rings (SSSR count). The van der Waals surface area contributed by atoms with Gasteiger partial charge in [-0.15, -0.1) is 6.58 Å². The molecule has 0 saturated carbocycles. The second-order valence-corrected chi connectivity index (χ2v) is 4.86. The second kappa shape index (κ2) is 7.76. The molecule has 23 heavy (non-hydrogen) atoms. The molecule has 0 saturated heterocycles. The van der Waals surface area contributed by atoms with E-state index in [4.69, 9.17) is 10.00 Å². The van der Waals surface area contributed by atoms with Gasteiger partial charge in [-0.05, 0) is 23.8 Å². The molecule has 2 aromatic rings. The van der Waals surface area contributed by atoms with E-state index in [1.807, 2.05) is 12.1 Å². The summed E-state index contributed by atoms with van der Waals surface area (Å²) in [5, 5.41) is 8.83. The lowest BCUT2D eigenvalue weighted by atomic mass is 10.1. The van der Waals surface area contributed by atoms with Gasteiger partial charge in [0.25, 0.3) is 5.91 Å². The normalized spacial score (nSPS) is 9.74. The van der Waals surface area contributed by atoms with Crippen LogP contribution in [-0.4, -0.2) is 29.4 Å². The Kier molecular flexibility index (Phi) is 5.48. The maximum absolute atomic E-state index is 12.6. The van der Waals surface area contributed by atoms with Crippen LogP contribution in [0.3, 0.4) is 0 Å². The molecule has 5 heteroatoms. The number of carbonyl (C=O) groups is 1. The molecular formula is C18H17N3O2. The maximum Gasteiger partial charge on any atom is 0.273 e. The van der Waals surface area contributed by atoms with Crippen LogP contribution in [0.4, 0.5) is 0 Å². The quantitative estimate of drug-likeness (QED) is 0.770. The molecule has 1 aromatic carbocycles. The number of nitrogens with zero attached hydrogens (tertiary/aromatic N) is 3. The molecular weight excluding hydrogens is 290 g/mol. The summed E-state index contributed by atoms with van der Waals surface area (Å²) in [6.45, 7) is 4.51. The average Bonchev–Trinajstić information content (AvgIpc) is 2.61. The van der Waals surface area contributed by atoms with Crippen LogP contribution in [0.25, 0.3) is 0 Å². The predicted octanol–water partition coefficient (Wildman–Crippen LogP) is 2.79. The second-order valence-electron chi connectivity index (χ2n) is 4.86. The van der Waals surface area contributed by atoms with Gasteiger partial charge in [0.05, 0.1) is 18.7 Å². The minimum absolute atomic E-state index is 0.201. The Hall–Kier alpha value is -3.13. The van der Waals surface area contributed by atoms with E-state index in [1.165, 1.54) is 0 Å². The van der Waals surface area contributed by atoms with Gasteiger partial charge in [0.2, 0.25) is 0 Å². The Labute approximate surface area is 135 Å². The first-order valence-electron chi connectivity index (χ1n) is 7.07. The molecule has 5 nitrogen and oxygen atoms in total. The fourth-order valence-corrected chi connectivity index (χ4v) is 2.10. The lowest BCUT2D eigenvalue weighted by molar-refractivity contribution is 0.0756. The minimum atomic E-state index is -0.201. The first kappa shape index (κ1) is 16.2. The lowest BCUT2D eigenvalue weighted by Crippen LogP contribution is -2.31. The van der Waals surface area contributed by atoms with Crippen LogP contribution in [0.1, 0.15) is 21.6 Å². The van der Waals surface area contributed by atoms with Gasteiger partial charge in [0.15, 0.2) is 0 Å². The molecule has 0 aliphatic heterocycles. The zero-order valence-electron chi connectivity index (χ0n) is 12.9. The highest BCUT2D eigenvalue weighted by Gasteiger charge is 2.17. The molecule has 0 N–H and O–H groups in total. The Morgan fingerprint density at radius 2 is 2.13 bits per heavy atom. The van der Waals surface area contributed by atoms with Crippen molar-refractivity contribution in [2.75, 3.05) is 13.7 Å². The Morgan fingerprint density at radius 3 is 2.74 bits per heavy atom. The topological polar surface area (TPSA) is 66.2 Å². The van der Waals surface area contributed by atoms with Crippen molar-refractivity contribution < 1.29 is 9.53 Å². The van der Waals surface area contributed by atoms with Crippen LogP contribution in [-0.2, 0) is 6.54 Å². The van der Waals surface area contributed by atoms with E-state index in [0.717, 1.165) is 5.56 Å². The number of nitriles is 1. The average molecular weight is 307 g/mol. The number of carbonyl (C=O) groups excluding carboxylic acids is 1. The summed E-state index contributed by atoms with van der Waals surface area (Å²) in [7, 11) is 1.54. The highest BCUT2D eigenvalue weighted by atomic mass is 16.5. The molecule has 116 valence electrons. The van der Waals surface area contributed by atoms with Crippen LogP contribution in [0.5, 0.6) is 5.75 Å². The third-order valence-corrected chi connectivity index (χ3v) is 3.28. The zero-order valence-corrected chi connectivity index (χ0v) is 12.9. The van der Waals surface area contributed by atoms with Gasteiger partial charge in [-0.25, -0.2) is 0 Å². The maximum atomic E-state index is 12.6. The number of methoxy groups -OCH3 is 1. The fraction of sp³-hybridized carbons (Fsp3) is 0.167. The summed E-state index contributed by atoms with van der Waals surface area (Å²) in [4.78, 5) is 18.4. The van der Waals surface area contributed by atoms with Crippen molar-refractivity contribution >= 4 is 5.91 Å². The van der Waals surface area contributed by atoms with Crippen molar-refractivity contribution in [3.05, 3.63) is 72.1 Å². The molecule has 0 unspecified atom stereocenters. The van der Waals surface area contributed by atoms with E-state index < -0.39 is 0 Å². The Balaban J connectivity index is 2.20. The zero-order chi connectivity index (χ0) is 16.7. The van der Waals surface area contributed by atoms with E-state index in [1.54, 1.807) is 48.5 Å². The summed E-state index contributed by atoms with van der Waals surface area (Å²) in [6.07, 6.45) is 3.21. The molecule has 1 amide bonds. The summed E-state index contributed by atoms with van der Waals surface area (Å²) < 4.78 is 5.13. The van der Waals surface area contributed by atoms with Gasteiger partial charge in [-0.2, -0.15) is 5.26 Å². The van der Waals surface area contributed by atoms with Gasteiger partial charge in [0.1, 0.15) is 11.4 Å². The van der Waals surface area contributed by atoms with E-state index in [0.29, 0.717) is 30.1 Å². The van der Waals surface area contributed by atoms with Crippen molar-refractivity contribution in [3.63, 3.8) is 0 Å². The summed E-state index contributed by atoms with van der Waals surface area (Å²) in [5.74, 6) is 0.383. The van der Waals surface area contributed by atoms with E-state index >= 15 is 0 Å². The number of aromatic nitrogens is 1. The van der Waals surface area contributed by atoms with Gasteiger partial charge in [0, 0.05) is 25.4 Å². The molecule has 0 fully saturated rings. The monoisotopic (exact) mass is 307 g/mol. The van der Waals surface area contributed by atoms with E-state index in [-0.39, 0.29) is 5.91 Å². The molecule has 1 aromatic heterocycles. The first-order valence-corrected chi connectivity index (χ1v) is 7.07. The van der Waals surface area contributed by atoms with Gasteiger partial charge in [-0.3, -0.25) is 9.78 Å². The van der Waals surface area contributed by atoms with Crippen LogP contribution in [0.2, 0.25) is 0 Å². The van der Waals surface area contributed by atoms with Gasteiger partial charge >= 0.3 is 0 Å². The van der Waals surface area contributed by atoms with Gasteiger partial charge in [-0.1, -0.05) is 18.2 Å². The molecule has 0 atom stereocenters. The van der Waals surface area contributed by atoms with Crippen molar-refractivity contribution in [3.8, 4) is 11.8 Å². The SMILES string of the molecule is C=CCN(Cc1ccc(C#N)cc1)C(=O)c1cc(OC)ccn1. The first-order chi connectivity index (χ1) is 11.2. The van der Waals surface area contributed by atoms with Gasteiger partial charge < -0.3 is 9.64 Å². The number of rotatable bonds is 6. The minimum Gasteiger partial charge on any atom is -0.497 e. The molecule has 1 heterocycles. The molecule has 0 aliphatic carbocycles. The number of benzene rings is 1. The fourth-order valence-electron chi connectivity index (χ4n) is 2.10. The molecule has 0 spiro atoms. The van der Waals surface area contributed by atoms with Crippen molar-refractivity contribution in [2.45, 2.75) is 6.54 Å². The van der Waals surface area contributed by atoms with Crippen LogP contribution >= 0.6 is 0 Å². The Bertz CT molecular complexity index is 733. The summed E-state index contributed by atoms with van der Waals surface area (Å²) >= 11 is 0. The summed E-state index contributed by atoms with van der Waals surface area (Å²) in [5.41, 5.74) is 1.84. The standard InChI is InChI=1S/C18H17N3O2/c1-3-10-21(13-15-6-4-14(12-19)5-7-15)18(22)17-11-16(23-2)8-9-20-17/h3-9,11H,1,10,13H2,2H3. The number of pyridine rings is 1. The highest BCUT2D eigenvalue weighted by molar-refractivity contribution is 5.92. The highest BCUT2D eigenvalue weighted by Crippen LogP contribution is 2.14. The van der Waals surface area contributed by atoms with Crippen molar-refractivity contribution in [1.82, 2.24) is 9.88 Å². The van der Waals surface area contributed by atoms with Crippen molar-refractivity contribution in [2.24, 2.45) is 0 Å². The third kappa shape index (κ3) is 4.17. The smallest absolute Gasteiger partial charge is 0.273 e. The van der Waals surface area contributed by atoms with Crippen LogP contribution < -0.4 is 4.74 Å². The summed E-state index contributed by atoms with van der Waals surface area (Å²) in [6, 6.07) is 12.5. The van der Waals surface area contributed by atoms with Crippen molar-refractivity contribution in [1.29, 1.82) is 5.26 Å². The predicted molar refractivity (Wildman–Crippen MR) is 86.9 cm³/mol. The third-order valence-electron chi connectivity index (χ3n) is 3.28.